The van der Waals surface area contributed by atoms with E-state index in [2.05, 4.69) is 0 Å². The third-order valence-electron chi connectivity index (χ3n) is 6.87. The van der Waals surface area contributed by atoms with E-state index in [4.69, 9.17) is 23.2 Å². The van der Waals surface area contributed by atoms with E-state index in [1.165, 1.54) is 9.80 Å². The van der Waals surface area contributed by atoms with Crippen molar-refractivity contribution in [3.63, 3.8) is 0 Å². The van der Waals surface area contributed by atoms with Crippen molar-refractivity contribution in [1.29, 1.82) is 0 Å². The van der Waals surface area contributed by atoms with Gasteiger partial charge in [0.2, 0.25) is 0 Å². The number of benzene rings is 2. The van der Waals surface area contributed by atoms with Crippen LogP contribution in [-0.4, -0.2) is 56.4 Å². The number of rotatable bonds is 7. The van der Waals surface area contributed by atoms with E-state index < -0.39 is 22.3 Å². The number of carbonyl (C=O) groups is 4. The fourth-order valence-corrected chi connectivity index (χ4v) is 6.82. The molecule has 2 aromatic rings. The normalized spacial score (nSPS) is 20.9. The van der Waals surface area contributed by atoms with Gasteiger partial charge in [0.05, 0.1) is 23.1 Å². The van der Waals surface area contributed by atoms with Gasteiger partial charge < -0.3 is 0 Å². The lowest BCUT2D eigenvalue weighted by Gasteiger charge is -2.37. The first-order chi connectivity index (χ1) is 18.8. The molecule has 2 saturated heterocycles. The molecule has 0 radical (unpaired) electrons. The Kier molecular flexibility index (Phi) is 8.83. The highest BCUT2D eigenvalue weighted by atomic mass is 35.5. The summed E-state index contributed by atoms with van der Waals surface area (Å²) in [4.78, 5) is 57.3. The van der Waals surface area contributed by atoms with Gasteiger partial charge in [-0.25, -0.2) is 0 Å². The molecule has 4 amide bonds. The number of amides is 4. The number of halogens is 2. The Morgan fingerprint density at radius 1 is 0.718 bits per heavy atom. The number of carbonyl (C=O) groups excluding carboxylic acids is 4. The molecular weight excluding hydrogens is 577 g/mol. The first-order valence-corrected chi connectivity index (χ1v) is 14.9. The zero-order valence-corrected chi connectivity index (χ0v) is 24.0. The number of imide groups is 2. The molecule has 2 aromatic carbocycles. The molecular formula is C28H25Cl2N3O4S2. The number of thioether (sulfide) groups is 2. The summed E-state index contributed by atoms with van der Waals surface area (Å²) in [7, 11) is 0. The quantitative estimate of drug-likeness (QED) is 0.308. The Bertz CT molecular complexity index is 1290. The van der Waals surface area contributed by atoms with Crippen LogP contribution in [0.2, 0.25) is 10.0 Å². The SMILES string of the molecule is O=C1S/C(=C\c2ccccc2Cl)C(=O)N1CN(CN1C(=O)S/C(=C/c2ccccc2Cl)C1=O)C1CCCCC1. The molecule has 0 bridgehead atoms. The Hall–Kier alpha value is -2.56. The Balaban J connectivity index is 1.36. The molecule has 202 valence electrons. The summed E-state index contributed by atoms with van der Waals surface area (Å²) in [5.74, 6) is -0.836. The van der Waals surface area contributed by atoms with Crippen LogP contribution < -0.4 is 0 Å². The average Bonchev–Trinajstić information content (AvgIpc) is 3.35. The summed E-state index contributed by atoms with van der Waals surface area (Å²) >= 11 is 14.2. The third kappa shape index (κ3) is 6.28. The fraction of sp³-hybridized carbons (Fsp3) is 0.286. The van der Waals surface area contributed by atoms with Gasteiger partial charge in [0.15, 0.2) is 0 Å². The average molecular weight is 603 g/mol. The van der Waals surface area contributed by atoms with Crippen LogP contribution in [0.5, 0.6) is 0 Å². The Morgan fingerprint density at radius 2 is 1.15 bits per heavy atom. The van der Waals surface area contributed by atoms with Crippen LogP contribution in [-0.2, 0) is 9.59 Å². The molecule has 1 aliphatic carbocycles. The van der Waals surface area contributed by atoms with E-state index in [1.807, 2.05) is 17.0 Å². The maximum Gasteiger partial charge on any atom is 0.294 e. The molecule has 39 heavy (non-hydrogen) atoms. The summed E-state index contributed by atoms with van der Waals surface area (Å²) in [6, 6.07) is 14.2. The molecule has 2 heterocycles. The summed E-state index contributed by atoms with van der Waals surface area (Å²) in [5, 5.41) is 0.174. The number of hydrogen-bond donors (Lipinski definition) is 0. The molecule has 1 saturated carbocycles. The zero-order chi connectivity index (χ0) is 27.5. The zero-order valence-electron chi connectivity index (χ0n) is 20.8. The van der Waals surface area contributed by atoms with Crippen LogP contribution in [0.4, 0.5) is 9.59 Å². The predicted octanol–water partition coefficient (Wildman–Crippen LogP) is 7.32. The molecule has 11 heteroatoms. The molecule has 7 nitrogen and oxygen atoms in total. The largest absolute Gasteiger partial charge is 0.294 e. The minimum Gasteiger partial charge on any atom is -0.268 e. The number of hydrogen-bond acceptors (Lipinski definition) is 7. The summed E-state index contributed by atoms with van der Waals surface area (Å²) in [6.45, 7) is -0.0268. The lowest BCUT2D eigenvalue weighted by Crippen LogP contribution is -2.51. The molecule has 0 aromatic heterocycles. The fourth-order valence-electron chi connectivity index (χ4n) is 4.80. The van der Waals surface area contributed by atoms with Gasteiger partial charge >= 0.3 is 0 Å². The first kappa shape index (κ1) is 28.0. The molecule has 3 fully saturated rings. The third-order valence-corrected chi connectivity index (χ3v) is 9.37. The monoisotopic (exact) mass is 601 g/mol. The maximum atomic E-state index is 13.3. The van der Waals surface area contributed by atoms with Gasteiger partial charge in [-0.05, 0) is 71.8 Å². The van der Waals surface area contributed by atoms with E-state index in [9.17, 15) is 19.2 Å². The number of nitrogens with zero attached hydrogens (tertiary/aromatic N) is 3. The van der Waals surface area contributed by atoms with Crippen LogP contribution in [0.3, 0.4) is 0 Å². The van der Waals surface area contributed by atoms with Crippen molar-refractivity contribution in [3.8, 4) is 0 Å². The molecule has 0 unspecified atom stereocenters. The van der Waals surface area contributed by atoms with E-state index in [0.717, 1.165) is 55.6 Å². The smallest absolute Gasteiger partial charge is 0.268 e. The van der Waals surface area contributed by atoms with Gasteiger partial charge in [0.25, 0.3) is 22.3 Å². The van der Waals surface area contributed by atoms with Crippen molar-refractivity contribution in [2.24, 2.45) is 0 Å². The molecule has 0 N–H and O–H groups in total. The molecule has 3 aliphatic rings. The van der Waals surface area contributed by atoms with Crippen molar-refractivity contribution in [2.75, 3.05) is 13.3 Å². The first-order valence-electron chi connectivity index (χ1n) is 12.6. The lowest BCUT2D eigenvalue weighted by atomic mass is 9.94. The van der Waals surface area contributed by atoms with E-state index >= 15 is 0 Å². The Morgan fingerprint density at radius 3 is 1.59 bits per heavy atom. The van der Waals surface area contributed by atoms with E-state index in [-0.39, 0.29) is 29.2 Å². The van der Waals surface area contributed by atoms with Crippen molar-refractivity contribution in [2.45, 2.75) is 38.1 Å². The highest BCUT2D eigenvalue weighted by Crippen LogP contribution is 2.37. The van der Waals surface area contributed by atoms with Crippen molar-refractivity contribution >= 4 is 81.2 Å². The molecule has 0 atom stereocenters. The maximum absolute atomic E-state index is 13.3. The second-order valence-electron chi connectivity index (χ2n) is 9.43. The van der Waals surface area contributed by atoms with Gasteiger partial charge in [-0.2, -0.15) is 0 Å². The topological polar surface area (TPSA) is 78.0 Å². The summed E-state index contributed by atoms with van der Waals surface area (Å²) in [6.07, 6.45) is 8.07. The molecule has 2 aliphatic heterocycles. The second-order valence-corrected chi connectivity index (χ2v) is 12.2. The highest BCUT2D eigenvalue weighted by molar-refractivity contribution is 8.18. The van der Waals surface area contributed by atoms with Crippen LogP contribution >= 0.6 is 46.7 Å². The van der Waals surface area contributed by atoms with Gasteiger partial charge in [-0.3, -0.25) is 33.9 Å². The van der Waals surface area contributed by atoms with Gasteiger partial charge in [0.1, 0.15) is 0 Å². The van der Waals surface area contributed by atoms with Gasteiger partial charge in [0, 0.05) is 16.1 Å². The van der Waals surface area contributed by atoms with Crippen LogP contribution in [0, 0.1) is 0 Å². The van der Waals surface area contributed by atoms with Gasteiger partial charge in [-0.1, -0.05) is 78.9 Å². The Labute approximate surface area is 245 Å². The van der Waals surface area contributed by atoms with Crippen LogP contribution in [0.1, 0.15) is 43.2 Å². The lowest BCUT2D eigenvalue weighted by molar-refractivity contribution is -0.127. The standard InChI is InChI=1S/C28H25Cl2N3O4S2/c29-21-12-6-4-8-18(21)14-23-25(34)32(27(36)38-23)16-31(20-10-2-1-3-11-20)17-33-26(35)24(39-28(33)37)15-19-9-5-7-13-22(19)30/h4-9,12-15,20H,1-3,10-11,16-17H2/b23-14-,24-15+. The second kappa shape index (κ2) is 12.3. The summed E-state index contributed by atoms with van der Waals surface area (Å²) < 4.78 is 0. The van der Waals surface area contributed by atoms with Crippen molar-refractivity contribution in [3.05, 3.63) is 79.5 Å². The van der Waals surface area contributed by atoms with Gasteiger partial charge in [-0.15, -0.1) is 0 Å². The van der Waals surface area contributed by atoms with Crippen molar-refractivity contribution in [1.82, 2.24) is 14.7 Å². The minimum absolute atomic E-state index is 0.0134. The van der Waals surface area contributed by atoms with Crippen LogP contribution in [0.15, 0.2) is 58.3 Å². The van der Waals surface area contributed by atoms with E-state index in [1.54, 1.807) is 48.6 Å². The minimum atomic E-state index is -0.418. The van der Waals surface area contributed by atoms with Crippen molar-refractivity contribution < 1.29 is 19.2 Å². The van der Waals surface area contributed by atoms with E-state index in [0.29, 0.717) is 21.2 Å². The highest BCUT2D eigenvalue weighted by Gasteiger charge is 2.41. The summed E-state index contributed by atoms with van der Waals surface area (Å²) in [5.41, 5.74) is 1.30. The van der Waals surface area contributed by atoms with Crippen LogP contribution in [0.25, 0.3) is 12.2 Å². The predicted molar refractivity (Wildman–Crippen MR) is 157 cm³/mol. The molecule has 5 rings (SSSR count). The molecule has 0 spiro atoms.